The number of carbonyl (C=O) groups is 2. The Bertz CT molecular complexity index is 629. The van der Waals surface area contributed by atoms with E-state index in [4.69, 9.17) is 9.47 Å². The van der Waals surface area contributed by atoms with E-state index in [1.807, 2.05) is 64.3 Å². The maximum Gasteiger partial charge on any atom is 0.410 e. The van der Waals surface area contributed by atoms with Crippen molar-refractivity contribution in [3.05, 3.63) is 35.9 Å². The largest absolute Gasteiger partial charge is 0.461 e. The number of esters is 1. The Balaban J connectivity index is 2.00. The molecule has 0 aromatic heterocycles. The van der Waals surface area contributed by atoms with Crippen LogP contribution in [0.5, 0.6) is 0 Å². The van der Waals surface area contributed by atoms with Gasteiger partial charge in [0, 0.05) is 17.8 Å². The third-order valence-corrected chi connectivity index (χ3v) is 5.93. The smallest absolute Gasteiger partial charge is 0.410 e. The van der Waals surface area contributed by atoms with Gasteiger partial charge in [-0.15, -0.1) is 0 Å². The van der Waals surface area contributed by atoms with Crippen LogP contribution in [0.25, 0.3) is 0 Å². The Morgan fingerprint density at radius 1 is 1.26 bits per heavy atom. The summed E-state index contributed by atoms with van der Waals surface area (Å²) in [6, 6.07) is 9.64. The number of thioether (sulfide) groups is 1. The normalized spacial score (nSPS) is 19.4. The number of nitrogens with zero attached hydrogens (tertiary/aromatic N) is 1. The van der Waals surface area contributed by atoms with Gasteiger partial charge in [0.25, 0.3) is 0 Å². The summed E-state index contributed by atoms with van der Waals surface area (Å²) in [5, 5.41) is -0.0247. The van der Waals surface area contributed by atoms with Gasteiger partial charge in [-0.2, -0.15) is 11.8 Å². The molecule has 1 fully saturated rings. The minimum absolute atomic E-state index is 0.0193. The van der Waals surface area contributed by atoms with Crippen molar-refractivity contribution in [3.8, 4) is 0 Å². The number of amides is 1. The van der Waals surface area contributed by atoms with Crippen molar-refractivity contribution in [2.75, 3.05) is 12.8 Å². The van der Waals surface area contributed by atoms with Crippen LogP contribution in [0.15, 0.2) is 30.3 Å². The second-order valence-electron chi connectivity index (χ2n) is 7.97. The molecule has 5 nitrogen and oxygen atoms in total. The molecular formula is C21H31NO4S. The molecule has 1 amide bonds. The Kier molecular flexibility index (Phi) is 7.59. The minimum Gasteiger partial charge on any atom is -0.461 e. The zero-order chi connectivity index (χ0) is 20.0. The molecule has 0 N–H and O–H groups in total. The number of benzene rings is 1. The van der Waals surface area contributed by atoms with Crippen molar-refractivity contribution in [1.29, 1.82) is 0 Å². The fraction of sp³-hybridized carbons (Fsp3) is 0.619. The molecular weight excluding hydrogens is 362 g/mol. The molecule has 27 heavy (non-hydrogen) atoms. The minimum atomic E-state index is -0.528. The van der Waals surface area contributed by atoms with E-state index in [0.717, 1.165) is 18.4 Å². The zero-order valence-corrected chi connectivity index (χ0v) is 17.8. The molecule has 1 heterocycles. The molecule has 0 saturated carbocycles. The lowest BCUT2D eigenvalue weighted by molar-refractivity contribution is -0.149. The second kappa shape index (κ2) is 9.49. The topological polar surface area (TPSA) is 55.8 Å². The summed E-state index contributed by atoms with van der Waals surface area (Å²) in [6.45, 7) is 8.43. The fourth-order valence-corrected chi connectivity index (χ4v) is 4.49. The lowest BCUT2D eigenvalue weighted by atomic mass is 9.99. The van der Waals surface area contributed by atoms with Gasteiger partial charge in [-0.05, 0) is 45.4 Å². The average molecular weight is 394 g/mol. The molecule has 6 heteroatoms. The van der Waals surface area contributed by atoms with Crippen molar-refractivity contribution in [2.24, 2.45) is 5.92 Å². The Morgan fingerprint density at radius 3 is 2.52 bits per heavy atom. The van der Waals surface area contributed by atoms with E-state index in [9.17, 15) is 9.59 Å². The highest BCUT2D eigenvalue weighted by atomic mass is 32.2. The first-order valence-corrected chi connectivity index (χ1v) is 10.7. The summed E-state index contributed by atoms with van der Waals surface area (Å²) in [5.41, 5.74) is 0.439. The van der Waals surface area contributed by atoms with Crippen LogP contribution in [0.3, 0.4) is 0 Å². The first-order valence-electron chi connectivity index (χ1n) is 9.46. The summed E-state index contributed by atoms with van der Waals surface area (Å²) < 4.78 is 11.1. The highest BCUT2D eigenvalue weighted by Gasteiger charge is 2.41. The second-order valence-corrected chi connectivity index (χ2v) is 8.98. The standard InChI is InChI=1S/C21H31NO4S/c1-15(19(23)25-14-16-10-7-6-8-11-16)18(27-5)17-12-9-13-22(17)20(24)26-21(2,3)4/h6-8,10-11,15,17-18H,9,12-14H2,1-5H3/t15?,17-,18?/m0/s1. The fourth-order valence-electron chi connectivity index (χ4n) is 3.37. The summed E-state index contributed by atoms with van der Waals surface area (Å²) >= 11 is 1.61. The molecule has 1 aliphatic rings. The van der Waals surface area contributed by atoms with Crippen molar-refractivity contribution in [1.82, 2.24) is 4.90 Å². The van der Waals surface area contributed by atoms with E-state index >= 15 is 0 Å². The first-order chi connectivity index (χ1) is 12.7. The highest BCUT2D eigenvalue weighted by molar-refractivity contribution is 7.99. The molecule has 1 aromatic carbocycles. The molecule has 0 aliphatic carbocycles. The lowest BCUT2D eigenvalue weighted by Crippen LogP contribution is -2.47. The summed E-state index contributed by atoms with van der Waals surface area (Å²) in [4.78, 5) is 27.0. The van der Waals surface area contributed by atoms with Gasteiger partial charge in [-0.25, -0.2) is 4.79 Å². The van der Waals surface area contributed by atoms with Crippen LogP contribution in [0.2, 0.25) is 0 Å². The predicted octanol–water partition coefficient (Wildman–Crippen LogP) is 4.50. The number of likely N-dealkylation sites (tertiary alicyclic amines) is 1. The van der Waals surface area contributed by atoms with Crippen molar-refractivity contribution in [2.45, 2.75) is 64.0 Å². The van der Waals surface area contributed by atoms with Gasteiger partial charge >= 0.3 is 12.1 Å². The summed E-state index contributed by atoms with van der Waals surface area (Å²) in [6.07, 6.45) is 3.49. The molecule has 3 atom stereocenters. The van der Waals surface area contributed by atoms with Crippen LogP contribution >= 0.6 is 11.8 Å². The maximum atomic E-state index is 12.6. The molecule has 0 radical (unpaired) electrons. The van der Waals surface area contributed by atoms with E-state index in [-0.39, 0.29) is 35.9 Å². The van der Waals surface area contributed by atoms with Gasteiger partial charge < -0.3 is 14.4 Å². The number of rotatable bonds is 6. The quantitative estimate of drug-likeness (QED) is 0.666. The van der Waals surface area contributed by atoms with Crippen LogP contribution in [0.1, 0.15) is 46.1 Å². The van der Waals surface area contributed by atoms with E-state index in [1.54, 1.807) is 16.7 Å². The van der Waals surface area contributed by atoms with Gasteiger partial charge in [0.1, 0.15) is 12.2 Å². The monoisotopic (exact) mass is 393 g/mol. The van der Waals surface area contributed by atoms with Crippen molar-refractivity contribution >= 4 is 23.8 Å². The average Bonchev–Trinajstić information content (AvgIpc) is 3.09. The Hall–Kier alpha value is -1.69. The van der Waals surface area contributed by atoms with E-state index in [1.165, 1.54) is 0 Å². The van der Waals surface area contributed by atoms with Gasteiger partial charge in [0.05, 0.1) is 5.92 Å². The van der Waals surface area contributed by atoms with Crippen LogP contribution in [0, 0.1) is 5.92 Å². The van der Waals surface area contributed by atoms with E-state index in [0.29, 0.717) is 6.54 Å². The van der Waals surface area contributed by atoms with Gasteiger partial charge in [-0.3, -0.25) is 4.79 Å². The van der Waals surface area contributed by atoms with E-state index in [2.05, 4.69) is 0 Å². The van der Waals surface area contributed by atoms with Gasteiger partial charge in [0.2, 0.25) is 0 Å². The number of hydrogen-bond donors (Lipinski definition) is 0. The maximum absolute atomic E-state index is 12.6. The van der Waals surface area contributed by atoms with Crippen LogP contribution in [-0.2, 0) is 20.9 Å². The first kappa shape index (κ1) is 21.6. The third kappa shape index (κ3) is 6.16. The SMILES string of the molecule is CSC(C(C)C(=O)OCc1ccccc1)[C@@H]1CCCN1C(=O)OC(C)(C)C. The number of hydrogen-bond acceptors (Lipinski definition) is 5. The summed E-state index contributed by atoms with van der Waals surface area (Å²) in [7, 11) is 0. The molecule has 0 spiro atoms. The Labute approximate surface area is 166 Å². The van der Waals surface area contributed by atoms with Crippen LogP contribution in [0.4, 0.5) is 4.79 Å². The molecule has 2 unspecified atom stereocenters. The number of carbonyl (C=O) groups excluding carboxylic acids is 2. The lowest BCUT2D eigenvalue weighted by Gasteiger charge is -2.34. The highest BCUT2D eigenvalue weighted by Crippen LogP contribution is 2.33. The Morgan fingerprint density at radius 2 is 1.93 bits per heavy atom. The van der Waals surface area contributed by atoms with Gasteiger partial charge in [0.15, 0.2) is 0 Å². The van der Waals surface area contributed by atoms with Crippen LogP contribution in [-0.4, -0.2) is 46.7 Å². The molecule has 0 bridgehead atoms. The predicted molar refractivity (Wildman–Crippen MR) is 109 cm³/mol. The van der Waals surface area contributed by atoms with Gasteiger partial charge in [-0.1, -0.05) is 37.3 Å². The molecule has 1 aliphatic heterocycles. The molecule has 1 aromatic rings. The van der Waals surface area contributed by atoms with Crippen molar-refractivity contribution in [3.63, 3.8) is 0 Å². The van der Waals surface area contributed by atoms with E-state index < -0.39 is 5.60 Å². The molecule has 2 rings (SSSR count). The molecule has 150 valence electrons. The van der Waals surface area contributed by atoms with Crippen LogP contribution < -0.4 is 0 Å². The zero-order valence-electron chi connectivity index (χ0n) is 16.9. The van der Waals surface area contributed by atoms with Crippen molar-refractivity contribution < 1.29 is 19.1 Å². The summed E-state index contributed by atoms with van der Waals surface area (Å²) in [5.74, 6) is -0.536. The third-order valence-electron chi connectivity index (χ3n) is 4.67. The molecule has 1 saturated heterocycles. The number of ether oxygens (including phenoxy) is 2.